The molecule has 0 amide bonds. The summed E-state index contributed by atoms with van der Waals surface area (Å²) in [5.41, 5.74) is 0.936. The molecule has 1 rings (SSSR count). The van der Waals surface area contributed by atoms with Crippen LogP contribution >= 0.6 is 12.0 Å². The van der Waals surface area contributed by atoms with E-state index in [2.05, 4.69) is 9.49 Å². The standard InChI is InChI=1S/C12H17F3N2O3S/c1-18-17-10-4-2-9(3-5-10)11(8-16)19-20-21-7-6-12(13,14)15/h9,11H,2-7H2,1H3. The molecule has 0 aromatic heterocycles. The summed E-state index contributed by atoms with van der Waals surface area (Å²) in [6.45, 7) is 0. The summed E-state index contributed by atoms with van der Waals surface area (Å²) in [6.07, 6.45) is -3.13. The maximum atomic E-state index is 11.9. The second-order valence-electron chi connectivity index (χ2n) is 4.58. The van der Waals surface area contributed by atoms with E-state index in [-0.39, 0.29) is 11.7 Å². The predicted octanol–water partition coefficient (Wildman–Crippen LogP) is 3.62. The Hall–Kier alpha value is -0.980. The molecule has 120 valence electrons. The number of nitriles is 1. The highest BCUT2D eigenvalue weighted by molar-refractivity contribution is 7.94. The minimum atomic E-state index is -4.22. The monoisotopic (exact) mass is 326 g/mol. The Balaban J connectivity index is 2.24. The van der Waals surface area contributed by atoms with Crippen LogP contribution in [-0.2, 0) is 14.1 Å². The van der Waals surface area contributed by atoms with E-state index in [1.54, 1.807) is 0 Å². The van der Waals surface area contributed by atoms with Gasteiger partial charge in [0.1, 0.15) is 7.11 Å². The molecule has 9 heteroatoms. The number of hydrogen-bond donors (Lipinski definition) is 0. The first-order valence-electron chi connectivity index (χ1n) is 6.46. The molecule has 0 saturated heterocycles. The van der Waals surface area contributed by atoms with Gasteiger partial charge in [0.2, 0.25) is 0 Å². The lowest BCUT2D eigenvalue weighted by Gasteiger charge is -2.25. The van der Waals surface area contributed by atoms with Crippen LogP contribution in [0.15, 0.2) is 5.16 Å². The highest BCUT2D eigenvalue weighted by Crippen LogP contribution is 2.28. The second-order valence-corrected chi connectivity index (χ2v) is 5.36. The summed E-state index contributed by atoms with van der Waals surface area (Å²) >= 11 is 0.559. The van der Waals surface area contributed by atoms with Gasteiger partial charge in [-0.3, -0.25) is 0 Å². The van der Waals surface area contributed by atoms with E-state index in [0.29, 0.717) is 37.7 Å². The topological polar surface area (TPSA) is 63.8 Å². The van der Waals surface area contributed by atoms with Crippen molar-refractivity contribution in [2.24, 2.45) is 11.1 Å². The molecule has 0 radical (unpaired) electrons. The molecule has 0 aromatic rings. The van der Waals surface area contributed by atoms with Crippen LogP contribution in [0.5, 0.6) is 0 Å². The average Bonchev–Trinajstić information content (AvgIpc) is 2.43. The van der Waals surface area contributed by atoms with Crippen molar-refractivity contribution in [2.45, 2.75) is 44.4 Å². The molecule has 1 saturated carbocycles. The summed E-state index contributed by atoms with van der Waals surface area (Å²) in [5.74, 6) is -0.286. The molecule has 0 N–H and O–H groups in total. The van der Waals surface area contributed by atoms with E-state index in [0.717, 1.165) is 5.71 Å². The van der Waals surface area contributed by atoms with E-state index in [4.69, 9.17) is 15.0 Å². The Morgan fingerprint density at radius 3 is 2.62 bits per heavy atom. The zero-order valence-electron chi connectivity index (χ0n) is 11.6. The maximum Gasteiger partial charge on any atom is 0.389 e. The molecule has 0 aliphatic heterocycles. The summed E-state index contributed by atoms with van der Waals surface area (Å²) in [4.78, 5) is 9.60. The summed E-state index contributed by atoms with van der Waals surface area (Å²) in [5, 5.41) is 12.9. The van der Waals surface area contributed by atoms with Crippen LogP contribution < -0.4 is 0 Å². The van der Waals surface area contributed by atoms with Crippen LogP contribution in [0.3, 0.4) is 0 Å². The molecule has 1 unspecified atom stereocenters. The molecular formula is C12H17F3N2O3S. The van der Waals surface area contributed by atoms with Gasteiger partial charge < -0.3 is 4.84 Å². The number of alkyl halides is 3. The summed E-state index contributed by atoms with van der Waals surface area (Å²) in [7, 11) is 1.48. The first-order valence-corrected chi connectivity index (χ1v) is 7.37. The van der Waals surface area contributed by atoms with Gasteiger partial charge in [-0.25, -0.2) is 4.89 Å². The third-order valence-corrected chi connectivity index (χ3v) is 3.59. The molecule has 0 heterocycles. The molecule has 1 atom stereocenters. The van der Waals surface area contributed by atoms with Gasteiger partial charge in [-0.2, -0.15) is 22.8 Å². The van der Waals surface area contributed by atoms with E-state index >= 15 is 0 Å². The SMILES string of the molecule is CON=C1CCC(C(C#N)OOSCCC(F)(F)F)CC1. The molecule has 1 aliphatic carbocycles. The molecular weight excluding hydrogens is 309 g/mol. The maximum absolute atomic E-state index is 11.9. The Kier molecular flexibility index (Phi) is 7.85. The number of oxime groups is 1. The summed E-state index contributed by atoms with van der Waals surface area (Å²) in [6, 6.07) is 1.97. The lowest BCUT2D eigenvalue weighted by atomic mass is 9.85. The van der Waals surface area contributed by atoms with Gasteiger partial charge in [-0.1, -0.05) is 5.16 Å². The largest absolute Gasteiger partial charge is 0.399 e. The molecule has 0 aromatic carbocycles. The molecule has 1 fully saturated rings. The average molecular weight is 326 g/mol. The van der Waals surface area contributed by atoms with E-state index < -0.39 is 18.7 Å². The Labute approximate surface area is 125 Å². The zero-order valence-corrected chi connectivity index (χ0v) is 12.4. The fourth-order valence-electron chi connectivity index (χ4n) is 1.96. The van der Waals surface area contributed by atoms with Gasteiger partial charge in [0, 0.05) is 23.7 Å². The first-order chi connectivity index (χ1) is 9.96. The van der Waals surface area contributed by atoms with Crippen molar-refractivity contribution in [3.05, 3.63) is 0 Å². The minimum Gasteiger partial charge on any atom is -0.399 e. The van der Waals surface area contributed by atoms with Crippen molar-refractivity contribution < 1.29 is 27.2 Å². The van der Waals surface area contributed by atoms with Gasteiger partial charge >= 0.3 is 6.18 Å². The van der Waals surface area contributed by atoms with Crippen LogP contribution in [0, 0.1) is 17.2 Å². The van der Waals surface area contributed by atoms with E-state index in [1.807, 2.05) is 6.07 Å². The van der Waals surface area contributed by atoms with Crippen LogP contribution in [0.2, 0.25) is 0 Å². The number of rotatable bonds is 7. The van der Waals surface area contributed by atoms with Crippen molar-refractivity contribution in [3.8, 4) is 6.07 Å². The highest BCUT2D eigenvalue weighted by atomic mass is 32.2. The summed E-state index contributed by atoms with van der Waals surface area (Å²) < 4.78 is 40.4. The van der Waals surface area contributed by atoms with Crippen molar-refractivity contribution >= 4 is 17.8 Å². The Morgan fingerprint density at radius 1 is 1.43 bits per heavy atom. The van der Waals surface area contributed by atoms with Gasteiger partial charge in [-0.05, 0) is 25.7 Å². The van der Waals surface area contributed by atoms with Crippen molar-refractivity contribution in [1.29, 1.82) is 5.26 Å². The van der Waals surface area contributed by atoms with Gasteiger partial charge in [0.15, 0.2) is 6.10 Å². The van der Waals surface area contributed by atoms with Gasteiger partial charge in [0.25, 0.3) is 0 Å². The molecule has 0 bridgehead atoms. The van der Waals surface area contributed by atoms with Crippen LogP contribution in [0.4, 0.5) is 13.2 Å². The van der Waals surface area contributed by atoms with Gasteiger partial charge in [-0.15, -0.1) is 0 Å². The zero-order chi connectivity index (χ0) is 15.7. The quantitative estimate of drug-likeness (QED) is 0.309. The fraction of sp³-hybridized carbons (Fsp3) is 0.833. The predicted molar refractivity (Wildman–Crippen MR) is 71.1 cm³/mol. The third-order valence-electron chi connectivity index (χ3n) is 3.04. The van der Waals surface area contributed by atoms with Crippen molar-refractivity contribution in [2.75, 3.05) is 12.9 Å². The lowest BCUT2D eigenvalue weighted by molar-refractivity contribution is -0.228. The second kappa shape index (κ2) is 9.12. The van der Waals surface area contributed by atoms with Crippen LogP contribution in [0.1, 0.15) is 32.1 Å². The Bertz CT molecular complexity index is 375. The lowest BCUT2D eigenvalue weighted by Crippen LogP contribution is -2.27. The number of halogens is 3. The van der Waals surface area contributed by atoms with E-state index in [9.17, 15) is 13.2 Å². The number of hydrogen-bond acceptors (Lipinski definition) is 6. The van der Waals surface area contributed by atoms with Crippen LogP contribution in [0.25, 0.3) is 0 Å². The molecule has 1 aliphatic rings. The first kappa shape index (κ1) is 18.1. The third kappa shape index (κ3) is 7.55. The van der Waals surface area contributed by atoms with E-state index in [1.165, 1.54) is 7.11 Å². The molecule has 21 heavy (non-hydrogen) atoms. The molecule has 0 spiro atoms. The van der Waals surface area contributed by atoms with Crippen molar-refractivity contribution in [3.63, 3.8) is 0 Å². The van der Waals surface area contributed by atoms with Crippen molar-refractivity contribution in [1.82, 2.24) is 0 Å². The minimum absolute atomic E-state index is 0.0194. The Morgan fingerprint density at radius 2 is 2.10 bits per heavy atom. The smallest absolute Gasteiger partial charge is 0.389 e. The highest BCUT2D eigenvalue weighted by Gasteiger charge is 2.29. The fourth-order valence-corrected chi connectivity index (χ4v) is 2.49. The van der Waals surface area contributed by atoms with Gasteiger partial charge in [0.05, 0.1) is 18.2 Å². The normalized spacial score (nSPS) is 20.7. The molecule has 5 nitrogen and oxygen atoms in total. The number of nitrogens with zero attached hydrogens (tertiary/aromatic N) is 2. The van der Waals surface area contributed by atoms with Crippen LogP contribution in [-0.4, -0.2) is 30.9 Å².